The van der Waals surface area contributed by atoms with Gasteiger partial charge in [0, 0.05) is 30.8 Å². The van der Waals surface area contributed by atoms with Gasteiger partial charge >= 0.3 is 0 Å². The Bertz CT molecular complexity index is 813. The minimum absolute atomic E-state index is 0.00522. The van der Waals surface area contributed by atoms with Gasteiger partial charge in [-0.15, -0.1) is 0 Å². The number of halogens is 3. The minimum atomic E-state index is -0.773. The normalized spacial score (nSPS) is 15.0. The van der Waals surface area contributed by atoms with E-state index in [1.54, 1.807) is 6.07 Å². The Balaban J connectivity index is 1.58. The van der Waals surface area contributed by atoms with Gasteiger partial charge in [-0.3, -0.25) is 9.59 Å². The van der Waals surface area contributed by atoms with Crippen molar-refractivity contribution in [1.82, 2.24) is 4.90 Å². The zero-order valence-corrected chi connectivity index (χ0v) is 13.8. The Morgan fingerprint density at radius 3 is 2.19 bits per heavy atom. The molecule has 1 heterocycles. The third kappa shape index (κ3) is 4.04. The number of hydrogen-bond acceptors (Lipinski definition) is 2. The molecular weight excluding hydrogens is 345 g/mol. The van der Waals surface area contributed by atoms with E-state index < -0.39 is 23.4 Å². The van der Waals surface area contributed by atoms with Gasteiger partial charge in [0.15, 0.2) is 0 Å². The van der Waals surface area contributed by atoms with Crippen molar-refractivity contribution in [1.29, 1.82) is 0 Å². The van der Waals surface area contributed by atoms with E-state index in [1.807, 2.05) is 0 Å². The number of likely N-dealkylation sites (tertiary alicyclic amines) is 1. The molecule has 0 aliphatic carbocycles. The van der Waals surface area contributed by atoms with Crippen LogP contribution in [-0.4, -0.2) is 29.8 Å². The number of carbonyl (C=O) groups is 2. The maximum Gasteiger partial charge on any atom is 0.256 e. The number of nitrogens with one attached hydrogen (secondary N) is 1. The molecule has 0 spiro atoms. The highest BCUT2D eigenvalue weighted by Crippen LogP contribution is 2.22. The zero-order chi connectivity index (χ0) is 18.7. The van der Waals surface area contributed by atoms with Crippen LogP contribution in [0.4, 0.5) is 18.9 Å². The molecule has 1 aliphatic heterocycles. The average Bonchev–Trinajstić information content (AvgIpc) is 2.61. The van der Waals surface area contributed by atoms with Gasteiger partial charge in [0.05, 0.1) is 5.56 Å². The van der Waals surface area contributed by atoms with Crippen LogP contribution in [0.3, 0.4) is 0 Å². The van der Waals surface area contributed by atoms with Gasteiger partial charge in [0.2, 0.25) is 5.91 Å². The van der Waals surface area contributed by atoms with Crippen LogP contribution in [0, 0.1) is 23.4 Å². The lowest BCUT2D eigenvalue weighted by Gasteiger charge is -2.31. The van der Waals surface area contributed by atoms with E-state index >= 15 is 0 Å². The highest BCUT2D eigenvalue weighted by Gasteiger charge is 2.28. The maximum atomic E-state index is 13.7. The standard InChI is InChI=1S/C19H17F3N2O2/c20-13-9-14(21)11-15(10-13)23-18(25)12-5-7-24(8-6-12)19(26)16-3-1-2-4-17(16)22/h1-4,9-12H,5-8H2,(H,23,25). The number of amides is 2. The highest BCUT2D eigenvalue weighted by atomic mass is 19.1. The summed E-state index contributed by atoms with van der Waals surface area (Å²) in [5.74, 6) is -3.27. The first kappa shape index (κ1) is 18.0. The molecule has 0 radical (unpaired) electrons. The molecule has 136 valence electrons. The van der Waals surface area contributed by atoms with Crippen molar-refractivity contribution in [2.24, 2.45) is 5.92 Å². The second-order valence-corrected chi connectivity index (χ2v) is 6.19. The lowest BCUT2D eigenvalue weighted by atomic mass is 9.95. The quantitative estimate of drug-likeness (QED) is 0.907. The Morgan fingerprint density at radius 2 is 1.58 bits per heavy atom. The van der Waals surface area contributed by atoms with Crippen molar-refractivity contribution in [3.05, 3.63) is 65.5 Å². The van der Waals surface area contributed by atoms with Crippen LogP contribution in [0.5, 0.6) is 0 Å². The smallest absolute Gasteiger partial charge is 0.256 e. The van der Waals surface area contributed by atoms with Gasteiger partial charge < -0.3 is 10.2 Å². The predicted octanol–water partition coefficient (Wildman–Crippen LogP) is 3.59. The van der Waals surface area contributed by atoms with Gasteiger partial charge in [0.1, 0.15) is 17.5 Å². The van der Waals surface area contributed by atoms with Crippen LogP contribution in [0.2, 0.25) is 0 Å². The molecular formula is C19H17F3N2O2. The number of carbonyl (C=O) groups excluding carboxylic acids is 2. The molecule has 1 fully saturated rings. The monoisotopic (exact) mass is 362 g/mol. The Morgan fingerprint density at radius 1 is 0.962 bits per heavy atom. The fourth-order valence-corrected chi connectivity index (χ4v) is 3.02. The summed E-state index contributed by atoms with van der Waals surface area (Å²) in [6, 6.07) is 8.56. The zero-order valence-electron chi connectivity index (χ0n) is 13.8. The molecule has 2 amide bonds. The largest absolute Gasteiger partial charge is 0.339 e. The average molecular weight is 362 g/mol. The van der Waals surface area contributed by atoms with Crippen molar-refractivity contribution >= 4 is 17.5 Å². The number of rotatable bonds is 3. The molecule has 2 aromatic carbocycles. The molecule has 1 N–H and O–H groups in total. The van der Waals surface area contributed by atoms with Crippen molar-refractivity contribution in [3.8, 4) is 0 Å². The lowest BCUT2D eigenvalue weighted by Crippen LogP contribution is -2.41. The Hall–Kier alpha value is -2.83. The fraction of sp³-hybridized carbons (Fsp3) is 0.263. The van der Waals surface area contributed by atoms with Crippen LogP contribution in [0.15, 0.2) is 42.5 Å². The van der Waals surface area contributed by atoms with Gasteiger partial charge in [-0.2, -0.15) is 0 Å². The highest BCUT2D eigenvalue weighted by molar-refractivity contribution is 5.95. The third-order valence-electron chi connectivity index (χ3n) is 4.39. The molecule has 0 atom stereocenters. The molecule has 4 nitrogen and oxygen atoms in total. The van der Waals surface area contributed by atoms with Crippen molar-refractivity contribution < 1.29 is 22.8 Å². The second kappa shape index (κ2) is 7.59. The molecule has 0 aromatic heterocycles. The third-order valence-corrected chi connectivity index (χ3v) is 4.39. The summed E-state index contributed by atoms with van der Waals surface area (Å²) in [6.45, 7) is 0.617. The van der Waals surface area contributed by atoms with E-state index in [2.05, 4.69) is 5.32 Å². The van der Waals surface area contributed by atoms with Gasteiger partial charge in [-0.05, 0) is 37.1 Å². The number of benzene rings is 2. The lowest BCUT2D eigenvalue weighted by molar-refractivity contribution is -0.121. The van der Waals surface area contributed by atoms with E-state index in [0.29, 0.717) is 25.9 Å². The topological polar surface area (TPSA) is 49.4 Å². The van der Waals surface area contributed by atoms with Gasteiger partial charge in [0.25, 0.3) is 5.91 Å². The summed E-state index contributed by atoms with van der Waals surface area (Å²) in [6.07, 6.45) is 0.785. The molecule has 0 unspecified atom stereocenters. The van der Waals surface area contributed by atoms with Crippen molar-refractivity contribution in [3.63, 3.8) is 0 Å². The van der Waals surface area contributed by atoms with Crippen LogP contribution in [-0.2, 0) is 4.79 Å². The van der Waals surface area contributed by atoms with Gasteiger partial charge in [-0.25, -0.2) is 13.2 Å². The van der Waals surface area contributed by atoms with Crippen molar-refractivity contribution in [2.75, 3.05) is 18.4 Å². The Labute approximate surface area is 148 Å². The van der Waals surface area contributed by atoms with E-state index in [0.717, 1.165) is 18.2 Å². The second-order valence-electron chi connectivity index (χ2n) is 6.19. The first-order valence-corrected chi connectivity index (χ1v) is 8.25. The first-order valence-electron chi connectivity index (χ1n) is 8.25. The summed E-state index contributed by atoms with van der Waals surface area (Å²) >= 11 is 0. The molecule has 3 rings (SSSR count). The summed E-state index contributed by atoms with van der Waals surface area (Å²) in [4.78, 5) is 26.1. The van der Waals surface area contributed by atoms with Crippen LogP contribution >= 0.6 is 0 Å². The first-order chi connectivity index (χ1) is 12.4. The van der Waals surface area contributed by atoms with Crippen LogP contribution in [0.25, 0.3) is 0 Å². The van der Waals surface area contributed by atoms with Crippen molar-refractivity contribution in [2.45, 2.75) is 12.8 Å². The van der Waals surface area contributed by atoms with Crippen LogP contribution < -0.4 is 5.32 Å². The van der Waals surface area contributed by atoms with Gasteiger partial charge in [-0.1, -0.05) is 12.1 Å². The van der Waals surface area contributed by atoms with Crippen LogP contribution in [0.1, 0.15) is 23.2 Å². The molecule has 1 aliphatic rings. The molecule has 2 aromatic rings. The van der Waals surface area contributed by atoms with E-state index in [4.69, 9.17) is 0 Å². The molecule has 7 heteroatoms. The Kier molecular flexibility index (Phi) is 5.25. The predicted molar refractivity (Wildman–Crippen MR) is 90.0 cm³/mol. The van der Waals surface area contributed by atoms with E-state index in [-0.39, 0.29) is 23.1 Å². The summed E-state index contributed by atoms with van der Waals surface area (Å²) < 4.78 is 40.1. The molecule has 1 saturated heterocycles. The van der Waals surface area contributed by atoms with E-state index in [1.165, 1.54) is 23.1 Å². The summed E-state index contributed by atoms with van der Waals surface area (Å²) in [5.41, 5.74) is 0.0583. The van der Waals surface area contributed by atoms with E-state index in [9.17, 15) is 22.8 Å². The number of piperidine rings is 1. The fourth-order valence-electron chi connectivity index (χ4n) is 3.02. The molecule has 26 heavy (non-hydrogen) atoms. The number of hydrogen-bond donors (Lipinski definition) is 1. The molecule has 0 saturated carbocycles. The minimum Gasteiger partial charge on any atom is -0.339 e. The SMILES string of the molecule is O=C(Nc1cc(F)cc(F)c1)C1CCN(C(=O)c2ccccc2F)CC1. The number of nitrogens with zero attached hydrogens (tertiary/aromatic N) is 1. The molecule has 0 bridgehead atoms. The summed E-state index contributed by atoms with van der Waals surface area (Å²) in [7, 11) is 0. The summed E-state index contributed by atoms with van der Waals surface area (Å²) in [5, 5.41) is 2.50. The number of anilines is 1. The maximum absolute atomic E-state index is 13.7.